The Morgan fingerprint density at radius 2 is 1.73 bits per heavy atom. The van der Waals surface area contributed by atoms with Gasteiger partial charge in [-0.05, 0) is 19.0 Å². The van der Waals surface area contributed by atoms with Crippen LogP contribution in [-0.2, 0) is 6.42 Å². The Labute approximate surface area is 127 Å². The molecule has 2 rings (SSSR count). The van der Waals surface area contributed by atoms with Gasteiger partial charge in [-0.25, -0.2) is 4.79 Å². The third-order valence-electron chi connectivity index (χ3n) is 2.50. The third-order valence-corrected chi connectivity index (χ3v) is 2.50. The highest BCUT2D eigenvalue weighted by Crippen LogP contribution is 2.07. The number of pyridine rings is 1. The monoisotopic (exact) mass is 305 g/mol. The van der Waals surface area contributed by atoms with Crippen LogP contribution in [0.25, 0.3) is 0 Å². The van der Waals surface area contributed by atoms with Crippen molar-refractivity contribution in [2.75, 3.05) is 0 Å². The molecular weight excluding hydrogens is 291 g/mol. The number of rotatable bonds is 4. The van der Waals surface area contributed by atoms with Gasteiger partial charge in [0, 0.05) is 17.5 Å². The van der Waals surface area contributed by atoms with Crippen LogP contribution in [0.5, 0.6) is 0 Å². The lowest BCUT2D eigenvalue weighted by Crippen LogP contribution is -2.06. The van der Waals surface area contributed by atoms with Crippen LogP contribution in [0, 0.1) is 0 Å². The first kappa shape index (κ1) is 17.5. The molecule has 0 saturated heterocycles. The van der Waals surface area contributed by atoms with Crippen molar-refractivity contribution in [1.29, 1.82) is 0 Å². The maximum absolute atomic E-state index is 11.9. The van der Waals surface area contributed by atoms with Crippen LogP contribution >= 0.6 is 0 Å². The van der Waals surface area contributed by atoms with Gasteiger partial charge in [-0.2, -0.15) is 0 Å². The summed E-state index contributed by atoms with van der Waals surface area (Å²) in [6, 6.07) is 11.7. The van der Waals surface area contributed by atoms with E-state index < -0.39 is 13.2 Å². The van der Waals surface area contributed by atoms with Crippen molar-refractivity contribution in [3.8, 4) is 0 Å². The minimum absolute atomic E-state index is 0.0781. The van der Waals surface area contributed by atoms with Crippen molar-refractivity contribution in [3.63, 3.8) is 0 Å². The molecule has 7 heteroatoms. The van der Waals surface area contributed by atoms with Gasteiger partial charge in [-0.15, -0.1) is 0 Å². The van der Waals surface area contributed by atoms with Gasteiger partial charge in [0.05, 0.1) is 12.0 Å². The molecule has 0 amide bonds. The molecule has 0 bridgehead atoms. The Balaban J connectivity index is 0.000000541. The lowest BCUT2D eigenvalue weighted by molar-refractivity contribution is 0.0696. The van der Waals surface area contributed by atoms with Gasteiger partial charge < -0.3 is 5.11 Å². The number of carboxylic acids is 1. The van der Waals surface area contributed by atoms with Gasteiger partial charge in [0.25, 0.3) is 0 Å². The maximum Gasteiger partial charge on any atom is 0.535 e. The molecular formula is C15H14BF2NO3. The van der Waals surface area contributed by atoms with Gasteiger partial charge in [0.15, 0.2) is 5.78 Å². The first-order chi connectivity index (χ1) is 10.4. The maximum atomic E-state index is 11.9. The number of carbonyl (C=O) groups excluding carboxylic acids is 1. The zero-order valence-corrected chi connectivity index (χ0v) is 11.9. The lowest BCUT2D eigenvalue weighted by Gasteiger charge is -2.01. The fraction of sp³-hybridized carbons (Fsp3) is 0.133. The van der Waals surface area contributed by atoms with Crippen LogP contribution in [0.1, 0.15) is 26.4 Å². The lowest BCUT2D eigenvalue weighted by atomic mass is 10.1. The first-order valence-electron chi connectivity index (χ1n) is 6.44. The quantitative estimate of drug-likeness (QED) is 0.695. The Bertz CT molecular complexity index is 633. The van der Waals surface area contributed by atoms with Crippen molar-refractivity contribution >= 4 is 19.0 Å². The molecule has 0 fully saturated rings. The first-order valence-corrected chi connectivity index (χ1v) is 6.44. The zero-order chi connectivity index (χ0) is 16.5. The Morgan fingerprint density at radius 3 is 2.27 bits per heavy atom. The second kappa shape index (κ2) is 8.66. The Hall–Kier alpha value is -2.57. The molecule has 0 radical (unpaired) electrons. The van der Waals surface area contributed by atoms with Crippen molar-refractivity contribution < 1.29 is 23.3 Å². The van der Waals surface area contributed by atoms with E-state index in [2.05, 4.69) is 4.98 Å². The minimum Gasteiger partial charge on any atom is -0.478 e. The second-order valence-corrected chi connectivity index (χ2v) is 4.33. The van der Waals surface area contributed by atoms with Crippen LogP contribution in [-0.4, -0.2) is 29.1 Å². The standard InChI is InChI=1S/C14H11NO3.CH3BF2/c16-13(10-4-2-1-3-5-10)9-12-8-11(14(17)18)6-7-15-12;1-2(3)4/h1-8H,9H2,(H,17,18);1H3. The highest BCUT2D eigenvalue weighted by molar-refractivity contribution is 6.40. The average Bonchev–Trinajstić information content (AvgIpc) is 2.48. The van der Waals surface area contributed by atoms with E-state index in [0.29, 0.717) is 11.3 Å². The number of Topliss-reactive ketones (excluding diaryl/α,β-unsaturated/α-hetero) is 1. The third kappa shape index (κ3) is 6.26. The molecule has 1 aromatic carbocycles. The van der Waals surface area contributed by atoms with Crippen molar-refractivity contribution in [3.05, 3.63) is 65.5 Å². The van der Waals surface area contributed by atoms with Crippen LogP contribution in [0.15, 0.2) is 48.7 Å². The van der Waals surface area contributed by atoms with E-state index >= 15 is 0 Å². The number of hydrogen-bond acceptors (Lipinski definition) is 3. The predicted octanol–water partition coefficient (Wildman–Crippen LogP) is 3.25. The van der Waals surface area contributed by atoms with E-state index in [9.17, 15) is 18.2 Å². The van der Waals surface area contributed by atoms with Gasteiger partial charge in [0.1, 0.15) is 0 Å². The number of carboxylic acid groups (broad SMARTS) is 1. The summed E-state index contributed by atoms with van der Waals surface area (Å²) in [7, 11) is -2.17. The van der Waals surface area contributed by atoms with Gasteiger partial charge >= 0.3 is 13.2 Å². The number of hydrogen-bond donors (Lipinski definition) is 1. The fourth-order valence-corrected chi connectivity index (χ4v) is 1.60. The molecule has 0 aliphatic carbocycles. The predicted molar refractivity (Wildman–Crippen MR) is 79.5 cm³/mol. The highest BCUT2D eigenvalue weighted by Gasteiger charge is 2.09. The number of nitrogens with zero attached hydrogens (tertiary/aromatic N) is 1. The average molecular weight is 305 g/mol. The summed E-state index contributed by atoms with van der Waals surface area (Å²) < 4.78 is 20.7. The molecule has 1 N–H and O–H groups in total. The summed E-state index contributed by atoms with van der Waals surface area (Å²) in [5.41, 5.74) is 1.20. The van der Waals surface area contributed by atoms with Gasteiger partial charge in [-0.3, -0.25) is 18.4 Å². The van der Waals surface area contributed by atoms with Crippen LogP contribution in [0.2, 0.25) is 6.82 Å². The van der Waals surface area contributed by atoms with Crippen LogP contribution in [0.3, 0.4) is 0 Å². The highest BCUT2D eigenvalue weighted by atomic mass is 19.2. The number of aromatic carboxylic acids is 1. The smallest absolute Gasteiger partial charge is 0.478 e. The van der Waals surface area contributed by atoms with Gasteiger partial charge in [0.2, 0.25) is 0 Å². The minimum atomic E-state index is -2.17. The molecule has 0 unspecified atom stereocenters. The van der Waals surface area contributed by atoms with Crippen LogP contribution < -0.4 is 0 Å². The van der Waals surface area contributed by atoms with E-state index in [-0.39, 0.29) is 17.8 Å². The molecule has 0 atom stereocenters. The van der Waals surface area contributed by atoms with E-state index in [0.717, 1.165) is 6.82 Å². The summed E-state index contributed by atoms with van der Waals surface area (Å²) in [5.74, 6) is -1.10. The molecule has 1 heterocycles. The number of halogens is 2. The van der Waals surface area contributed by atoms with E-state index in [1.807, 2.05) is 6.07 Å². The summed E-state index contributed by atoms with van der Waals surface area (Å²) in [6.45, 7) is 0.833. The largest absolute Gasteiger partial charge is 0.535 e. The SMILES string of the molecule is CB(F)F.O=C(O)c1ccnc(CC(=O)c2ccccc2)c1. The molecule has 1 aromatic heterocycles. The van der Waals surface area contributed by atoms with Crippen molar-refractivity contribution in [1.82, 2.24) is 4.98 Å². The number of benzene rings is 1. The number of aromatic nitrogens is 1. The molecule has 4 nitrogen and oxygen atoms in total. The molecule has 0 aliphatic rings. The second-order valence-electron chi connectivity index (χ2n) is 4.33. The topological polar surface area (TPSA) is 67.3 Å². The molecule has 0 spiro atoms. The molecule has 114 valence electrons. The van der Waals surface area contributed by atoms with Crippen molar-refractivity contribution in [2.24, 2.45) is 0 Å². The summed E-state index contributed by atoms with van der Waals surface area (Å²) in [6.07, 6.45) is 1.50. The van der Waals surface area contributed by atoms with E-state index in [1.165, 1.54) is 18.3 Å². The Morgan fingerprint density at radius 1 is 1.14 bits per heavy atom. The van der Waals surface area contributed by atoms with Crippen molar-refractivity contribution in [2.45, 2.75) is 13.2 Å². The van der Waals surface area contributed by atoms with Crippen LogP contribution in [0.4, 0.5) is 8.63 Å². The normalized spacial score (nSPS) is 9.41. The summed E-state index contributed by atoms with van der Waals surface area (Å²) in [4.78, 5) is 26.7. The number of ketones is 1. The summed E-state index contributed by atoms with van der Waals surface area (Å²) in [5, 5.41) is 8.85. The fourth-order valence-electron chi connectivity index (χ4n) is 1.60. The molecule has 22 heavy (non-hydrogen) atoms. The van der Waals surface area contributed by atoms with E-state index in [1.54, 1.807) is 24.3 Å². The molecule has 0 saturated carbocycles. The zero-order valence-electron chi connectivity index (χ0n) is 11.9. The van der Waals surface area contributed by atoms with Gasteiger partial charge in [-0.1, -0.05) is 30.3 Å². The molecule has 2 aromatic rings. The Kier molecular flexibility index (Phi) is 6.88. The summed E-state index contributed by atoms with van der Waals surface area (Å²) >= 11 is 0. The van der Waals surface area contributed by atoms with E-state index in [4.69, 9.17) is 5.11 Å². The molecule has 0 aliphatic heterocycles. The number of carbonyl (C=O) groups is 2.